The van der Waals surface area contributed by atoms with Gasteiger partial charge < -0.3 is 15.1 Å². The number of nitrogens with zero attached hydrogens (tertiary/aromatic N) is 2. The highest BCUT2D eigenvalue weighted by Crippen LogP contribution is 2.20. The number of hydrogen-bond donors (Lipinski definition) is 4. The lowest BCUT2D eigenvalue weighted by Crippen LogP contribution is -2.57. The van der Waals surface area contributed by atoms with E-state index in [0.717, 1.165) is 29.5 Å². The van der Waals surface area contributed by atoms with Gasteiger partial charge in [0.05, 0.1) is 0 Å². The molecule has 2 aromatic rings. The third-order valence-electron chi connectivity index (χ3n) is 4.98. The van der Waals surface area contributed by atoms with E-state index in [1.807, 2.05) is 53.4 Å². The molecule has 0 aromatic heterocycles. The first-order chi connectivity index (χ1) is 13.6. The summed E-state index contributed by atoms with van der Waals surface area (Å²) >= 11 is 12.0. The van der Waals surface area contributed by atoms with E-state index in [2.05, 4.69) is 26.6 Å². The molecule has 4 rings (SSSR count). The number of benzene rings is 2. The first kappa shape index (κ1) is 19.3. The van der Waals surface area contributed by atoms with Crippen LogP contribution in [0.25, 0.3) is 0 Å². The Morgan fingerprint density at radius 1 is 0.964 bits per heavy atom. The van der Waals surface area contributed by atoms with Gasteiger partial charge in [-0.2, -0.15) is 5.53 Å². The molecule has 0 spiro atoms. The molecule has 0 saturated carbocycles. The van der Waals surface area contributed by atoms with Crippen molar-refractivity contribution in [2.24, 2.45) is 0 Å². The highest BCUT2D eigenvalue weighted by Gasteiger charge is 2.36. The van der Waals surface area contributed by atoms with Crippen LogP contribution in [0.1, 0.15) is 0 Å². The van der Waals surface area contributed by atoms with Crippen molar-refractivity contribution in [3.05, 3.63) is 58.6 Å². The summed E-state index contributed by atoms with van der Waals surface area (Å²) in [4.78, 5) is 17.2. The number of nitrogens with one attached hydrogen (secondary N) is 4. The summed E-state index contributed by atoms with van der Waals surface area (Å²) in [6, 6.07) is 14.8. The molecular weight excluding hydrogens is 399 g/mol. The average molecular weight is 421 g/mol. The van der Waals surface area contributed by atoms with Crippen molar-refractivity contribution in [1.29, 1.82) is 0 Å². The topological polar surface area (TPSA) is 71.7 Å². The minimum atomic E-state index is -0.430. The monoisotopic (exact) mass is 420 g/mol. The molecule has 2 saturated heterocycles. The van der Waals surface area contributed by atoms with Gasteiger partial charge in [0, 0.05) is 47.6 Å². The quantitative estimate of drug-likeness (QED) is 0.606. The van der Waals surface area contributed by atoms with Crippen LogP contribution < -0.4 is 26.6 Å². The van der Waals surface area contributed by atoms with Crippen LogP contribution in [0.15, 0.2) is 48.5 Å². The summed E-state index contributed by atoms with van der Waals surface area (Å²) in [5.41, 5.74) is 10.9. The van der Waals surface area contributed by atoms with E-state index in [9.17, 15) is 4.79 Å². The minimum Gasteiger partial charge on any atom is -0.368 e. The maximum atomic E-state index is 13.0. The van der Waals surface area contributed by atoms with Crippen LogP contribution in [0.4, 0.5) is 11.4 Å². The van der Waals surface area contributed by atoms with Crippen molar-refractivity contribution >= 4 is 40.5 Å². The second-order valence-electron chi connectivity index (χ2n) is 6.81. The highest BCUT2D eigenvalue weighted by atomic mass is 35.5. The van der Waals surface area contributed by atoms with Gasteiger partial charge in [0.1, 0.15) is 12.2 Å². The Hall–Kier alpha value is -2.03. The van der Waals surface area contributed by atoms with E-state index in [1.165, 1.54) is 0 Å². The van der Waals surface area contributed by atoms with Gasteiger partial charge in [-0.05, 0) is 42.5 Å². The molecule has 2 unspecified atom stereocenters. The summed E-state index contributed by atoms with van der Waals surface area (Å²) in [7, 11) is 0. The zero-order valence-corrected chi connectivity index (χ0v) is 16.7. The number of piperazine rings is 1. The zero-order chi connectivity index (χ0) is 19.5. The van der Waals surface area contributed by atoms with Crippen molar-refractivity contribution in [3.8, 4) is 0 Å². The lowest BCUT2D eigenvalue weighted by Gasteiger charge is -2.37. The molecule has 148 valence electrons. The number of halogens is 2. The van der Waals surface area contributed by atoms with Crippen molar-refractivity contribution in [2.45, 2.75) is 12.2 Å². The predicted molar refractivity (Wildman–Crippen MR) is 112 cm³/mol. The number of hydrazine groups is 2. The number of rotatable bonds is 4. The number of amides is 1. The molecule has 0 aliphatic carbocycles. The summed E-state index contributed by atoms with van der Waals surface area (Å²) in [5, 5.41) is 4.67. The van der Waals surface area contributed by atoms with Crippen LogP contribution in [0, 0.1) is 0 Å². The van der Waals surface area contributed by atoms with E-state index in [-0.39, 0.29) is 12.1 Å². The number of carbonyl (C=O) groups is 1. The molecule has 2 fully saturated rings. The van der Waals surface area contributed by atoms with Gasteiger partial charge in [0.2, 0.25) is 5.91 Å². The standard InChI is InChI=1S/C19H22Cl2N6O/c20-13-4-6-16(7-5-13)26-8-10-27(11-9-26)19(28)17-18(24-25-23-17)22-15-3-1-2-14(21)12-15/h1-7,12,17-18,22-25H,8-11H2. The van der Waals surface area contributed by atoms with Gasteiger partial charge in [-0.1, -0.05) is 29.3 Å². The van der Waals surface area contributed by atoms with E-state index >= 15 is 0 Å². The zero-order valence-electron chi connectivity index (χ0n) is 15.2. The molecule has 0 radical (unpaired) electrons. The Morgan fingerprint density at radius 3 is 2.43 bits per heavy atom. The second-order valence-corrected chi connectivity index (χ2v) is 7.69. The Kier molecular flexibility index (Phi) is 5.89. The molecule has 1 amide bonds. The van der Waals surface area contributed by atoms with Crippen molar-refractivity contribution in [3.63, 3.8) is 0 Å². The van der Waals surface area contributed by atoms with Gasteiger partial charge in [0.25, 0.3) is 0 Å². The number of anilines is 2. The lowest BCUT2D eigenvalue weighted by atomic mass is 10.1. The first-order valence-electron chi connectivity index (χ1n) is 9.17. The van der Waals surface area contributed by atoms with Crippen molar-refractivity contribution in [2.75, 3.05) is 36.4 Å². The molecule has 0 bridgehead atoms. The van der Waals surface area contributed by atoms with E-state index in [1.54, 1.807) is 0 Å². The van der Waals surface area contributed by atoms with E-state index in [4.69, 9.17) is 23.2 Å². The molecule has 2 atom stereocenters. The molecule has 7 nitrogen and oxygen atoms in total. The van der Waals surface area contributed by atoms with Gasteiger partial charge in [0.15, 0.2) is 0 Å². The number of hydrogen-bond acceptors (Lipinski definition) is 6. The summed E-state index contributed by atoms with van der Waals surface area (Å²) in [6.07, 6.45) is -0.291. The molecule has 9 heteroatoms. The average Bonchev–Trinajstić information content (AvgIpc) is 3.16. The molecule has 2 aliphatic rings. The SMILES string of the molecule is O=C(C1NNNC1Nc1cccc(Cl)c1)N1CCN(c2ccc(Cl)cc2)CC1. The largest absolute Gasteiger partial charge is 0.368 e. The Labute approximate surface area is 173 Å². The van der Waals surface area contributed by atoms with Crippen molar-refractivity contribution in [1.82, 2.24) is 21.3 Å². The summed E-state index contributed by atoms with van der Waals surface area (Å²) < 4.78 is 0. The molecule has 2 aromatic carbocycles. The van der Waals surface area contributed by atoms with Gasteiger partial charge in [-0.15, -0.1) is 0 Å². The third-order valence-corrected chi connectivity index (χ3v) is 5.47. The first-order valence-corrected chi connectivity index (χ1v) is 9.93. The van der Waals surface area contributed by atoms with E-state index < -0.39 is 6.04 Å². The maximum Gasteiger partial charge on any atom is 0.244 e. The predicted octanol–water partition coefficient (Wildman–Crippen LogP) is 2.06. The summed E-state index contributed by atoms with van der Waals surface area (Å²) in [5.74, 6) is 0.0489. The highest BCUT2D eigenvalue weighted by molar-refractivity contribution is 6.31. The lowest BCUT2D eigenvalue weighted by molar-refractivity contribution is -0.133. The van der Waals surface area contributed by atoms with Crippen LogP contribution in [-0.2, 0) is 4.79 Å². The summed E-state index contributed by atoms with van der Waals surface area (Å²) in [6.45, 7) is 2.91. The smallest absolute Gasteiger partial charge is 0.244 e. The fourth-order valence-electron chi connectivity index (χ4n) is 3.48. The van der Waals surface area contributed by atoms with Crippen LogP contribution >= 0.6 is 23.2 Å². The fraction of sp³-hybridized carbons (Fsp3) is 0.316. The second kappa shape index (κ2) is 8.55. The maximum absolute atomic E-state index is 13.0. The molecule has 2 heterocycles. The molecule has 28 heavy (non-hydrogen) atoms. The van der Waals surface area contributed by atoms with E-state index in [0.29, 0.717) is 18.1 Å². The van der Waals surface area contributed by atoms with Crippen molar-refractivity contribution < 1.29 is 4.79 Å². The van der Waals surface area contributed by atoms with Crippen LogP contribution in [0.5, 0.6) is 0 Å². The van der Waals surface area contributed by atoms with Crippen LogP contribution in [-0.4, -0.2) is 49.2 Å². The number of carbonyl (C=O) groups excluding carboxylic acids is 1. The normalized spacial score (nSPS) is 22.4. The Morgan fingerprint density at radius 2 is 1.71 bits per heavy atom. The fourth-order valence-corrected chi connectivity index (χ4v) is 3.80. The van der Waals surface area contributed by atoms with Gasteiger partial charge in [-0.3, -0.25) is 4.79 Å². The third kappa shape index (κ3) is 4.34. The molecule has 4 N–H and O–H groups in total. The Bertz CT molecular complexity index is 825. The van der Waals surface area contributed by atoms with Crippen LogP contribution in [0.2, 0.25) is 10.0 Å². The molecular formula is C19H22Cl2N6O. The molecule has 2 aliphatic heterocycles. The van der Waals surface area contributed by atoms with Gasteiger partial charge >= 0.3 is 0 Å². The minimum absolute atomic E-state index is 0.0489. The Balaban J connectivity index is 1.35. The van der Waals surface area contributed by atoms with Gasteiger partial charge in [-0.25, -0.2) is 10.9 Å². The van der Waals surface area contributed by atoms with Crippen LogP contribution in [0.3, 0.4) is 0 Å².